The Morgan fingerprint density at radius 1 is 1.07 bits per heavy atom. The molecule has 29 heavy (non-hydrogen) atoms. The topological polar surface area (TPSA) is 46.5 Å². The Kier molecular flexibility index (Phi) is 8.50. The molecule has 0 aliphatic rings. The third-order valence-corrected chi connectivity index (χ3v) is 4.69. The molecule has 1 aromatic carbocycles. The Labute approximate surface area is 177 Å². The third-order valence-electron chi connectivity index (χ3n) is 4.69. The van der Waals surface area contributed by atoms with E-state index in [4.69, 9.17) is 9.84 Å². The van der Waals surface area contributed by atoms with Gasteiger partial charge in [0.05, 0.1) is 6.61 Å². The summed E-state index contributed by atoms with van der Waals surface area (Å²) in [6.07, 6.45) is 7.88. The van der Waals surface area contributed by atoms with Gasteiger partial charge in [-0.15, -0.1) is 0 Å². The van der Waals surface area contributed by atoms with Crippen molar-refractivity contribution in [2.75, 3.05) is 6.61 Å². The number of hydrogen-bond donors (Lipinski definition) is 1. The summed E-state index contributed by atoms with van der Waals surface area (Å²) in [5.74, 6) is 0.0168. The van der Waals surface area contributed by atoms with Crippen molar-refractivity contribution in [1.82, 2.24) is 0 Å². The fourth-order valence-electron chi connectivity index (χ4n) is 2.95. The van der Waals surface area contributed by atoms with E-state index < -0.39 is 5.97 Å². The molecule has 0 aliphatic heterocycles. The SMILES string of the molecule is CCCOc1c(\C(C)=C/C=C/C(C)=C/C(=O)O)cc(C(C)(C)C)cc1C(C)(C)C. The number of rotatable bonds is 7. The number of carboxylic acids is 1. The summed E-state index contributed by atoms with van der Waals surface area (Å²) in [6, 6.07) is 4.53. The van der Waals surface area contributed by atoms with Crippen LogP contribution in [-0.4, -0.2) is 17.7 Å². The number of benzene rings is 1. The normalized spacial score (nSPS) is 13.8. The van der Waals surface area contributed by atoms with Gasteiger partial charge in [-0.05, 0) is 53.9 Å². The number of allylic oxidation sites excluding steroid dienone is 5. The Bertz CT molecular complexity index is 810. The largest absolute Gasteiger partial charge is 0.493 e. The van der Waals surface area contributed by atoms with Crippen LogP contribution in [0.1, 0.15) is 85.4 Å². The van der Waals surface area contributed by atoms with Crippen molar-refractivity contribution in [3.05, 3.63) is 58.7 Å². The van der Waals surface area contributed by atoms with E-state index in [-0.39, 0.29) is 10.8 Å². The highest BCUT2D eigenvalue weighted by molar-refractivity contribution is 5.81. The van der Waals surface area contributed by atoms with Crippen molar-refractivity contribution >= 4 is 11.5 Å². The first kappa shape index (κ1) is 24.7. The van der Waals surface area contributed by atoms with Gasteiger partial charge in [-0.1, -0.05) is 72.8 Å². The van der Waals surface area contributed by atoms with Crippen LogP contribution in [0, 0.1) is 0 Å². The predicted octanol–water partition coefficient (Wildman–Crippen LogP) is 7.06. The van der Waals surface area contributed by atoms with E-state index in [1.165, 1.54) is 17.2 Å². The van der Waals surface area contributed by atoms with E-state index in [0.29, 0.717) is 12.2 Å². The van der Waals surface area contributed by atoms with Crippen molar-refractivity contribution in [1.29, 1.82) is 0 Å². The molecule has 0 aromatic heterocycles. The zero-order valence-electron chi connectivity index (χ0n) is 19.6. The Morgan fingerprint density at radius 3 is 2.17 bits per heavy atom. The fraction of sp³-hybridized carbons (Fsp3) is 0.500. The first-order chi connectivity index (χ1) is 13.3. The van der Waals surface area contributed by atoms with Gasteiger partial charge in [0.2, 0.25) is 0 Å². The predicted molar refractivity (Wildman–Crippen MR) is 124 cm³/mol. The summed E-state index contributed by atoms with van der Waals surface area (Å²) in [6.45, 7) is 20.0. The summed E-state index contributed by atoms with van der Waals surface area (Å²) in [5, 5.41) is 8.86. The van der Waals surface area contributed by atoms with E-state index in [0.717, 1.165) is 23.3 Å². The second-order valence-corrected chi connectivity index (χ2v) is 9.68. The monoisotopic (exact) mass is 398 g/mol. The maximum atomic E-state index is 10.8. The zero-order chi connectivity index (χ0) is 22.4. The van der Waals surface area contributed by atoms with Gasteiger partial charge < -0.3 is 9.84 Å². The molecule has 0 bridgehead atoms. The Balaban J connectivity index is 3.61. The van der Waals surface area contributed by atoms with Crippen LogP contribution in [0.4, 0.5) is 0 Å². The molecular formula is C26H38O3. The molecule has 0 aliphatic carbocycles. The lowest BCUT2D eigenvalue weighted by atomic mass is 9.78. The Hall–Kier alpha value is -2.29. The van der Waals surface area contributed by atoms with Gasteiger partial charge in [-0.3, -0.25) is 0 Å². The molecule has 3 heteroatoms. The van der Waals surface area contributed by atoms with Gasteiger partial charge in [0, 0.05) is 17.2 Å². The lowest BCUT2D eigenvalue weighted by Crippen LogP contribution is -2.19. The molecule has 0 heterocycles. The minimum atomic E-state index is -0.934. The summed E-state index contributed by atoms with van der Waals surface area (Å²) in [5.41, 5.74) is 5.35. The summed E-state index contributed by atoms with van der Waals surface area (Å²) < 4.78 is 6.26. The maximum absolute atomic E-state index is 10.8. The van der Waals surface area contributed by atoms with Crippen molar-refractivity contribution < 1.29 is 14.6 Å². The first-order valence-electron chi connectivity index (χ1n) is 10.4. The van der Waals surface area contributed by atoms with Crippen molar-refractivity contribution in [3.63, 3.8) is 0 Å². The van der Waals surface area contributed by atoms with Crippen molar-refractivity contribution in [2.24, 2.45) is 0 Å². The van der Waals surface area contributed by atoms with Gasteiger partial charge in [0.1, 0.15) is 5.75 Å². The molecule has 0 saturated carbocycles. The fourth-order valence-corrected chi connectivity index (χ4v) is 2.95. The second kappa shape index (κ2) is 9.96. The van der Waals surface area contributed by atoms with Crippen LogP contribution in [0.15, 0.2) is 42.0 Å². The standard InChI is InChI=1S/C26H38O3/c1-10-14-29-24-21(19(3)13-11-12-18(2)15-23(27)28)16-20(25(4,5)6)17-22(24)26(7,8)9/h11-13,15-17H,10,14H2,1-9H3,(H,27,28)/b12-11+,18-15+,19-13-. The quantitative estimate of drug-likeness (QED) is 0.395. The molecule has 0 radical (unpaired) electrons. The van der Waals surface area contributed by atoms with E-state index in [1.54, 1.807) is 6.92 Å². The number of aliphatic carboxylic acids is 1. The molecular weight excluding hydrogens is 360 g/mol. The first-order valence-corrected chi connectivity index (χ1v) is 10.4. The molecule has 3 nitrogen and oxygen atoms in total. The van der Waals surface area contributed by atoms with E-state index in [1.807, 2.05) is 18.2 Å². The van der Waals surface area contributed by atoms with Crippen molar-refractivity contribution in [2.45, 2.75) is 79.6 Å². The van der Waals surface area contributed by atoms with E-state index in [2.05, 4.69) is 67.5 Å². The van der Waals surface area contributed by atoms with Crippen LogP contribution >= 0.6 is 0 Å². The number of carboxylic acid groups (broad SMARTS) is 1. The van der Waals surface area contributed by atoms with Crippen LogP contribution in [0.25, 0.3) is 5.57 Å². The average molecular weight is 399 g/mol. The molecule has 0 fully saturated rings. The van der Waals surface area contributed by atoms with Gasteiger partial charge in [0.15, 0.2) is 0 Å². The zero-order valence-corrected chi connectivity index (χ0v) is 19.6. The van der Waals surface area contributed by atoms with Gasteiger partial charge >= 0.3 is 5.97 Å². The summed E-state index contributed by atoms with van der Waals surface area (Å²) >= 11 is 0. The van der Waals surface area contributed by atoms with Gasteiger partial charge in [0.25, 0.3) is 0 Å². The minimum absolute atomic E-state index is 0.0228. The molecule has 1 rings (SSSR count). The maximum Gasteiger partial charge on any atom is 0.328 e. The molecule has 1 aromatic rings. The van der Waals surface area contributed by atoms with Crippen molar-refractivity contribution in [3.8, 4) is 5.75 Å². The molecule has 0 atom stereocenters. The lowest BCUT2D eigenvalue weighted by molar-refractivity contribution is -0.131. The smallest absolute Gasteiger partial charge is 0.328 e. The lowest BCUT2D eigenvalue weighted by Gasteiger charge is -2.29. The van der Waals surface area contributed by atoms with E-state index in [9.17, 15) is 4.79 Å². The minimum Gasteiger partial charge on any atom is -0.493 e. The van der Waals surface area contributed by atoms with Crippen LogP contribution in [0.2, 0.25) is 0 Å². The molecule has 0 spiro atoms. The van der Waals surface area contributed by atoms with Crippen LogP contribution in [-0.2, 0) is 15.6 Å². The van der Waals surface area contributed by atoms with Crippen LogP contribution in [0.5, 0.6) is 5.75 Å². The molecule has 0 amide bonds. The third kappa shape index (κ3) is 7.56. The Morgan fingerprint density at radius 2 is 1.69 bits per heavy atom. The highest BCUT2D eigenvalue weighted by Gasteiger charge is 2.26. The molecule has 1 N–H and O–H groups in total. The molecule has 160 valence electrons. The van der Waals surface area contributed by atoms with E-state index >= 15 is 0 Å². The highest BCUT2D eigenvalue weighted by atomic mass is 16.5. The number of carbonyl (C=O) groups is 1. The summed E-state index contributed by atoms with van der Waals surface area (Å²) in [7, 11) is 0. The molecule has 0 saturated heterocycles. The highest BCUT2D eigenvalue weighted by Crippen LogP contribution is 2.41. The van der Waals surface area contributed by atoms with Crippen LogP contribution in [0.3, 0.4) is 0 Å². The molecule has 0 unspecified atom stereocenters. The van der Waals surface area contributed by atoms with Crippen LogP contribution < -0.4 is 4.74 Å². The average Bonchev–Trinajstić information content (AvgIpc) is 2.56. The second-order valence-electron chi connectivity index (χ2n) is 9.68. The summed E-state index contributed by atoms with van der Waals surface area (Å²) in [4.78, 5) is 10.8. The number of ether oxygens (including phenoxy) is 1. The van der Waals surface area contributed by atoms with Gasteiger partial charge in [-0.25, -0.2) is 4.79 Å². The van der Waals surface area contributed by atoms with Gasteiger partial charge in [-0.2, -0.15) is 0 Å². The number of hydrogen-bond acceptors (Lipinski definition) is 2.